The minimum Gasteiger partial charge on any atom is -0.493 e. The molecular formula is C18H23N3O5. The molecule has 0 saturated heterocycles. The van der Waals surface area contributed by atoms with Crippen molar-refractivity contribution in [1.29, 1.82) is 0 Å². The molecule has 3 N–H and O–H groups in total. The van der Waals surface area contributed by atoms with Crippen LogP contribution >= 0.6 is 0 Å². The molecule has 0 aliphatic rings. The Kier molecular flexibility index (Phi) is 6.62. The van der Waals surface area contributed by atoms with E-state index >= 15 is 0 Å². The second-order valence-electron chi connectivity index (χ2n) is 5.63. The van der Waals surface area contributed by atoms with Gasteiger partial charge < -0.3 is 29.8 Å². The molecule has 2 rings (SSSR count). The van der Waals surface area contributed by atoms with Gasteiger partial charge in [-0.25, -0.2) is 0 Å². The molecule has 0 bridgehead atoms. The Morgan fingerprint density at radius 3 is 2.50 bits per heavy atom. The maximum absolute atomic E-state index is 12.0. The minimum atomic E-state index is -0.800. The normalized spacial score (nSPS) is 11.5. The Morgan fingerprint density at radius 2 is 1.88 bits per heavy atom. The summed E-state index contributed by atoms with van der Waals surface area (Å²) in [6.45, 7) is 0.171. The fraction of sp³-hybridized carbons (Fsp3) is 0.333. The SMILES string of the molecule is COc1ccc(NC(=O)C(=O)NCCC(O)c2cccn2C)cc1OC. The van der Waals surface area contributed by atoms with Gasteiger partial charge in [0.2, 0.25) is 0 Å². The summed E-state index contributed by atoms with van der Waals surface area (Å²) in [6, 6.07) is 8.42. The van der Waals surface area contributed by atoms with Crippen molar-refractivity contribution in [2.24, 2.45) is 7.05 Å². The third-order valence-corrected chi connectivity index (χ3v) is 3.88. The number of aromatic nitrogens is 1. The fourth-order valence-electron chi connectivity index (χ4n) is 2.47. The van der Waals surface area contributed by atoms with Gasteiger partial charge in [0, 0.05) is 37.2 Å². The number of benzene rings is 1. The number of nitrogens with one attached hydrogen (secondary N) is 2. The fourth-order valence-corrected chi connectivity index (χ4v) is 2.47. The van der Waals surface area contributed by atoms with Gasteiger partial charge in [-0.1, -0.05) is 0 Å². The summed E-state index contributed by atoms with van der Waals surface area (Å²) >= 11 is 0. The lowest BCUT2D eigenvalue weighted by Crippen LogP contribution is -2.36. The molecule has 8 nitrogen and oxygen atoms in total. The number of methoxy groups -OCH3 is 2. The van der Waals surface area contributed by atoms with Gasteiger partial charge in [0.1, 0.15) is 0 Å². The predicted molar refractivity (Wildman–Crippen MR) is 96.2 cm³/mol. The number of aryl methyl sites for hydroxylation is 1. The van der Waals surface area contributed by atoms with Crippen molar-refractivity contribution in [3.63, 3.8) is 0 Å². The minimum absolute atomic E-state index is 0.171. The van der Waals surface area contributed by atoms with Gasteiger partial charge in [-0.05, 0) is 30.7 Å². The zero-order valence-electron chi connectivity index (χ0n) is 15.0. The molecule has 1 atom stereocenters. The van der Waals surface area contributed by atoms with Crippen molar-refractivity contribution < 1.29 is 24.2 Å². The number of hydrogen-bond donors (Lipinski definition) is 3. The van der Waals surface area contributed by atoms with Crippen LogP contribution in [0.15, 0.2) is 36.5 Å². The van der Waals surface area contributed by atoms with Gasteiger partial charge in [0.05, 0.1) is 20.3 Å². The first kappa shape index (κ1) is 19.3. The van der Waals surface area contributed by atoms with Crippen molar-refractivity contribution in [3.05, 3.63) is 42.2 Å². The Labute approximate surface area is 151 Å². The summed E-state index contributed by atoms with van der Waals surface area (Å²) < 4.78 is 12.1. The second kappa shape index (κ2) is 8.91. The van der Waals surface area contributed by atoms with E-state index in [9.17, 15) is 14.7 Å². The van der Waals surface area contributed by atoms with Crippen molar-refractivity contribution in [1.82, 2.24) is 9.88 Å². The third-order valence-electron chi connectivity index (χ3n) is 3.88. The lowest BCUT2D eigenvalue weighted by Gasteiger charge is -2.13. The number of rotatable bonds is 7. The average molecular weight is 361 g/mol. The highest BCUT2D eigenvalue weighted by Gasteiger charge is 2.16. The molecule has 0 aliphatic heterocycles. The summed E-state index contributed by atoms with van der Waals surface area (Å²) in [4.78, 5) is 23.9. The molecule has 26 heavy (non-hydrogen) atoms. The summed E-state index contributed by atoms with van der Waals surface area (Å²) in [5.41, 5.74) is 1.15. The Bertz CT molecular complexity index is 772. The van der Waals surface area contributed by atoms with E-state index in [0.717, 1.165) is 5.69 Å². The van der Waals surface area contributed by atoms with Crippen LogP contribution < -0.4 is 20.1 Å². The number of carbonyl (C=O) groups excluding carboxylic acids is 2. The second-order valence-corrected chi connectivity index (χ2v) is 5.63. The number of aliphatic hydroxyl groups excluding tert-OH is 1. The number of aliphatic hydroxyl groups is 1. The molecule has 8 heteroatoms. The van der Waals surface area contributed by atoms with E-state index in [1.165, 1.54) is 14.2 Å². The van der Waals surface area contributed by atoms with E-state index in [2.05, 4.69) is 10.6 Å². The van der Waals surface area contributed by atoms with Gasteiger partial charge in [0.25, 0.3) is 0 Å². The summed E-state index contributed by atoms with van der Waals surface area (Å²) in [5, 5.41) is 15.1. The van der Waals surface area contributed by atoms with Crippen LogP contribution in [0.25, 0.3) is 0 Å². The van der Waals surface area contributed by atoms with Gasteiger partial charge in [-0.15, -0.1) is 0 Å². The lowest BCUT2D eigenvalue weighted by atomic mass is 10.2. The molecule has 1 unspecified atom stereocenters. The van der Waals surface area contributed by atoms with E-state index in [4.69, 9.17) is 9.47 Å². The van der Waals surface area contributed by atoms with E-state index in [1.807, 2.05) is 19.3 Å². The summed E-state index contributed by atoms with van der Waals surface area (Å²) in [7, 11) is 4.81. The molecule has 140 valence electrons. The Morgan fingerprint density at radius 1 is 1.15 bits per heavy atom. The molecular weight excluding hydrogens is 338 g/mol. The highest BCUT2D eigenvalue weighted by atomic mass is 16.5. The zero-order chi connectivity index (χ0) is 19.1. The number of amides is 2. The van der Waals surface area contributed by atoms with Crippen LogP contribution in [0, 0.1) is 0 Å². The van der Waals surface area contributed by atoms with Crippen molar-refractivity contribution in [2.45, 2.75) is 12.5 Å². The number of nitrogens with zero attached hydrogens (tertiary/aromatic N) is 1. The number of anilines is 1. The van der Waals surface area contributed by atoms with Crippen LogP contribution in [0.1, 0.15) is 18.2 Å². The van der Waals surface area contributed by atoms with Gasteiger partial charge in [-0.2, -0.15) is 0 Å². The van der Waals surface area contributed by atoms with Gasteiger partial charge >= 0.3 is 11.8 Å². The maximum atomic E-state index is 12.0. The topological polar surface area (TPSA) is 102 Å². The largest absolute Gasteiger partial charge is 0.493 e. The van der Waals surface area contributed by atoms with Crippen molar-refractivity contribution >= 4 is 17.5 Å². The van der Waals surface area contributed by atoms with E-state index in [-0.39, 0.29) is 6.54 Å². The highest BCUT2D eigenvalue weighted by molar-refractivity contribution is 6.39. The number of carbonyl (C=O) groups is 2. The van der Waals surface area contributed by atoms with Crippen LogP contribution in [0.2, 0.25) is 0 Å². The number of ether oxygens (including phenoxy) is 2. The van der Waals surface area contributed by atoms with Crippen molar-refractivity contribution in [2.75, 3.05) is 26.1 Å². The number of hydrogen-bond acceptors (Lipinski definition) is 5. The van der Waals surface area contributed by atoms with Gasteiger partial charge in [-0.3, -0.25) is 9.59 Å². The maximum Gasteiger partial charge on any atom is 0.313 e. The molecule has 0 aliphatic carbocycles. The first-order valence-electron chi connectivity index (χ1n) is 8.06. The Hall–Kier alpha value is -3.00. The van der Waals surface area contributed by atoms with E-state index in [0.29, 0.717) is 23.6 Å². The molecule has 2 aromatic rings. The molecule has 0 saturated carbocycles. The molecule has 0 spiro atoms. The van der Waals surface area contributed by atoms with Crippen molar-refractivity contribution in [3.8, 4) is 11.5 Å². The summed E-state index contributed by atoms with van der Waals surface area (Å²) in [6.07, 6.45) is 1.41. The smallest absolute Gasteiger partial charge is 0.313 e. The third kappa shape index (κ3) is 4.76. The van der Waals surface area contributed by atoms with Crippen LogP contribution in [-0.2, 0) is 16.6 Å². The zero-order valence-corrected chi connectivity index (χ0v) is 15.0. The first-order valence-corrected chi connectivity index (χ1v) is 8.06. The first-order chi connectivity index (χ1) is 12.5. The van der Waals surface area contributed by atoms with Crippen LogP contribution in [0.3, 0.4) is 0 Å². The highest BCUT2D eigenvalue weighted by Crippen LogP contribution is 2.29. The quantitative estimate of drug-likeness (QED) is 0.644. The van der Waals surface area contributed by atoms with E-state index in [1.54, 1.807) is 28.8 Å². The molecule has 1 aromatic carbocycles. The molecule has 0 fully saturated rings. The summed E-state index contributed by atoms with van der Waals surface area (Å²) in [5.74, 6) is -0.620. The van der Waals surface area contributed by atoms with Gasteiger partial charge in [0.15, 0.2) is 11.5 Å². The van der Waals surface area contributed by atoms with Crippen LogP contribution in [0.5, 0.6) is 11.5 Å². The monoisotopic (exact) mass is 361 g/mol. The Balaban J connectivity index is 1.84. The predicted octanol–water partition coefficient (Wildman–Crippen LogP) is 1.22. The standard InChI is InChI=1S/C18H23N3O5/c1-21-10-4-5-13(21)14(22)8-9-19-17(23)18(24)20-12-6-7-15(25-2)16(11-12)26-3/h4-7,10-11,14,22H,8-9H2,1-3H3,(H,19,23)(H,20,24). The average Bonchev–Trinajstić information content (AvgIpc) is 3.07. The molecule has 1 aromatic heterocycles. The molecule has 0 radical (unpaired) electrons. The lowest BCUT2D eigenvalue weighted by molar-refractivity contribution is -0.136. The molecule has 1 heterocycles. The van der Waals surface area contributed by atoms with E-state index < -0.39 is 17.9 Å². The molecule has 2 amide bonds. The van der Waals surface area contributed by atoms with Crippen LogP contribution in [0.4, 0.5) is 5.69 Å². The van der Waals surface area contributed by atoms with Crippen LogP contribution in [-0.4, -0.2) is 42.3 Å².